The number of nitrogens with zero attached hydrogens (tertiary/aromatic N) is 1. The molecule has 3 nitrogen and oxygen atoms in total. The van der Waals surface area contributed by atoms with Gasteiger partial charge in [0, 0.05) is 12.6 Å². The van der Waals surface area contributed by atoms with Crippen LogP contribution in [0.3, 0.4) is 0 Å². The molecule has 0 aromatic heterocycles. The van der Waals surface area contributed by atoms with Crippen molar-refractivity contribution in [3.8, 4) is 0 Å². The lowest BCUT2D eigenvalue weighted by molar-refractivity contribution is 0.0660. The monoisotopic (exact) mass is 188 g/mol. The van der Waals surface area contributed by atoms with Crippen LogP contribution in [0.15, 0.2) is 0 Å². The molecule has 0 aliphatic carbocycles. The minimum atomic E-state index is -0.293. The summed E-state index contributed by atoms with van der Waals surface area (Å²) in [5, 5.41) is 9.39. The molecule has 0 aromatic rings. The summed E-state index contributed by atoms with van der Waals surface area (Å²) >= 11 is 0. The van der Waals surface area contributed by atoms with Crippen LogP contribution in [0, 0.1) is 5.41 Å². The lowest BCUT2D eigenvalue weighted by Crippen LogP contribution is -2.44. The Bertz CT molecular complexity index is 146. The van der Waals surface area contributed by atoms with E-state index >= 15 is 0 Å². The Morgan fingerprint density at radius 1 is 1.38 bits per heavy atom. The van der Waals surface area contributed by atoms with Crippen molar-refractivity contribution in [2.24, 2.45) is 11.1 Å². The Kier molecular flexibility index (Phi) is 4.89. The van der Waals surface area contributed by atoms with Crippen LogP contribution < -0.4 is 5.73 Å². The highest BCUT2D eigenvalue weighted by atomic mass is 16.3. The van der Waals surface area contributed by atoms with E-state index in [0.717, 1.165) is 6.54 Å². The summed E-state index contributed by atoms with van der Waals surface area (Å²) in [5.74, 6) is 0. The molecular formula is C10H24N2O. The van der Waals surface area contributed by atoms with Crippen LogP contribution in [0.2, 0.25) is 0 Å². The predicted molar refractivity (Wildman–Crippen MR) is 56.6 cm³/mol. The van der Waals surface area contributed by atoms with Crippen LogP contribution in [0.1, 0.15) is 27.7 Å². The fourth-order valence-electron chi connectivity index (χ4n) is 1.25. The van der Waals surface area contributed by atoms with Crippen LogP contribution in [0.5, 0.6) is 0 Å². The summed E-state index contributed by atoms with van der Waals surface area (Å²) in [6.07, 6.45) is -0.293. The quantitative estimate of drug-likeness (QED) is 0.667. The zero-order valence-corrected chi connectivity index (χ0v) is 9.54. The van der Waals surface area contributed by atoms with Crippen molar-refractivity contribution in [1.82, 2.24) is 4.90 Å². The van der Waals surface area contributed by atoms with Gasteiger partial charge in [-0.1, -0.05) is 13.8 Å². The number of nitrogens with two attached hydrogens (primary N) is 1. The average molecular weight is 188 g/mol. The van der Waals surface area contributed by atoms with E-state index in [4.69, 9.17) is 5.73 Å². The second-order valence-electron chi connectivity index (χ2n) is 4.76. The molecule has 0 saturated heterocycles. The predicted octanol–water partition coefficient (Wildman–Crippen LogP) is 0.672. The Labute approximate surface area is 81.9 Å². The van der Waals surface area contributed by atoms with Crippen molar-refractivity contribution < 1.29 is 5.11 Å². The van der Waals surface area contributed by atoms with Gasteiger partial charge in [-0.3, -0.25) is 0 Å². The number of hydrogen-bond acceptors (Lipinski definition) is 3. The van der Waals surface area contributed by atoms with Crippen LogP contribution in [0.25, 0.3) is 0 Å². The first-order valence-corrected chi connectivity index (χ1v) is 4.88. The van der Waals surface area contributed by atoms with Crippen LogP contribution in [-0.4, -0.2) is 42.3 Å². The van der Waals surface area contributed by atoms with Gasteiger partial charge in [-0.2, -0.15) is 0 Å². The molecule has 80 valence electrons. The van der Waals surface area contributed by atoms with Crippen molar-refractivity contribution in [2.75, 3.05) is 20.1 Å². The molecule has 0 fully saturated rings. The van der Waals surface area contributed by atoms with Crippen molar-refractivity contribution in [3.05, 3.63) is 0 Å². The molecule has 3 heteroatoms. The molecule has 0 aliphatic rings. The van der Waals surface area contributed by atoms with E-state index < -0.39 is 0 Å². The molecule has 2 unspecified atom stereocenters. The maximum Gasteiger partial charge on any atom is 0.0664 e. The molecule has 0 saturated carbocycles. The van der Waals surface area contributed by atoms with E-state index in [2.05, 4.69) is 18.7 Å². The Balaban J connectivity index is 4.06. The number of rotatable bonds is 5. The highest BCUT2D eigenvalue weighted by molar-refractivity contribution is 4.77. The second-order valence-corrected chi connectivity index (χ2v) is 4.76. The Hall–Kier alpha value is -0.120. The minimum absolute atomic E-state index is 0.123. The van der Waals surface area contributed by atoms with Gasteiger partial charge in [0.05, 0.1) is 6.10 Å². The van der Waals surface area contributed by atoms with Crippen molar-refractivity contribution >= 4 is 0 Å². The first-order valence-electron chi connectivity index (χ1n) is 4.88. The average Bonchev–Trinajstić information content (AvgIpc) is 2.02. The zero-order valence-electron chi connectivity index (χ0n) is 9.54. The van der Waals surface area contributed by atoms with E-state index in [1.807, 2.05) is 20.9 Å². The first-order chi connectivity index (χ1) is 5.80. The number of likely N-dealkylation sites (N-methyl/N-ethyl adjacent to an activating group) is 1. The maximum absolute atomic E-state index is 9.39. The molecule has 0 bridgehead atoms. The second kappa shape index (κ2) is 4.94. The summed E-state index contributed by atoms with van der Waals surface area (Å²) < 4.78 is 0. The Morgan fingerprint density at radius 3 is 2.15 bits per heavy atom. The highest BCUT2D eigenvalue weighted by Gasteiger charge is 2.22. The molecule has 0 aliphatic heterocycles. The van der Waals surface area contributed by atoms with E-state index in [-0.39, 0.29) is 17.6 Å². The highest BCUT2D eigenvalue weighted by Crippen LogP contribution is 2.16. The molecule has 13 heavy (non-hydrogen) atoms. The molecule has 0 aromatic carbocycles. The van der Waals surface area contributed by atoms with Crippen molar-refractivity contribution in [1.29, 1.82) is 0 Å². The van der Waals surface area contributed by atoms with Crippen molar-refractivity contribution in [2.45, 2.75) is 39.8 Å². The number of aliphatic hydroxyl groups is 1. The first kappa shape index (κ1) is 12.9. The lowest BCUT2D eigenvalue weighted by atomic mass is 9.92. The lowest BCUT2D eigenvalue weighted by Gasteiger charge is -2.34. The van der Waals surface area contributed by atoms with E-state index in [0.29, 0.717) is 6.54 Å². The van der Waals surface area contributed by atoms with Gasteiger partial charge >= 0.3 is 0 Å². The molecule has 0 spiro atoms. The Morgan fingerprint density at radius 2 is 1.85 bits per heavy atom. The summed E-state index contributed by atoms with van der Waals surface area (Å²) in [5.41, 5.74) is 5.76. The summed E-state index contributed by atoms with van der Waals surface area (Å²) in [6.45, 7) is 9.70. The third kappa shape index (κ3) is 4.60. The molecule has 0 rings (SSSR count). The van der Waals surface area contributed by atoms with E-state index in [1.165, 1.54) is 0 Å². The van der Waals surface area contributed by atoms with Gasteiger partial charge in [-0.25, -0.2) is 0 Å². The molecule has 0 heterocycles. The minimum Gasteiger partial charge on any atom is -0.392 e. The molecular weight excluding hydrogens is 164 g/mol. The fraction of sp³-hybridized carbons (Fsp3) is 1.00. The third-order valence-electron chi connectivity index (χ3n) is 2.62. The summed E-state index contributed by atoms with van der Waals surface area (Å²) in [7, 11) is 2.02. The van der Waals surface area contributed by atoms with Gasteiger partial charge in [0.2, 0.25) is 0 Å². The van der Waals surface area contributed by atoms with Gasteiger partial charge in [-0.05, 0) is 32.9 Å². The summed E-state index contributed by atoms with van der Waals surface area (Å²) in [4.78, 5) is 2.15. The standard InChI is InChI=1S/C10H24N2O/c1-8(9(2)13)12(5)7-10(3,4)6-11/h8-9,13H,6-7,11H2,1-5H3. The molecule has 0 radical (unpaired) electrons. The van der Waals surface area contributed by atoms with Crippen LogP contribution >= 0.6 is 0 Å². The SMILES string of the molecule is CC(O)C(C)N(C)CC(C)(C)CN. The molecule has 0 amide bonds. The number of hydrogen-bond donors (Lipinski definition) is 2. The van der Waals surface area contributed by atoms with Crippen LogP contribution in [-0.2, 0) is 0 Å². The van der Waals surface area contributed by atoms with Crippen molar-refractivity contribution in [3.63, 3.8) is 0 Å². The molecule has 3 N–H and O–H groups in total. The van der Waals surface area contributed by atoms with Gasteiger partial charge in [0.15, 0.2) is 0 Å². The van der Waals surface area contributed by atoms with E-state index in [9.17, 15) is 5.11 Å². The topological polar surface area (TPSA) is 49.5 Å². The molecule has 2 atom stereocenters. The largest absolute Gasteiger partial charge is 0.392 e. The third-order valence-corrected chi connectivity index (χ3v) is 2.62. The smallest absolute Gasteiger partial charge is 0.0664 e. The number of aliphatic hydroxyl groups excluding tert-OH is 1. The van der Waals surface area contributed by atoms with Gasteiger partial charge in [-0.15, -0.1) is 0 Å². The van der Waals surface area contributed by atoms with Crippen LogP contribution in [0.4, 0.5) is 0 Å². The van der Waals surface area contributed by atoms with E-state index in [1.54, 1.807) is 0 Å². The fourth-order valence-corrected chi connectivity index (χ4v) is 1.25. The normalized spacial score (nSPS) is 17.5. The summed E-state index contributed by atoms with van der Waals surface area (Å²) in [6, 6.07) is 0.186. The maximum atomic E-state index is 9.39. The van der Waals surface area contributed by atoms with Gasteiger partial charge in [0.25, 0.3) is 0 Å². The van der Waals surface area contributed by atoms with Gasteiger partial charge in [0.1, 0.15) is 0 Å². The van der Waals surface area contributed by atoms with Gasteiger partial charge < -0.3 is 15.7 Å². The zero-order chi connectivity index (χ0) is 10.6.